The maximum absolute atomic E-state index is 12.3. The third-order valence-electron chi connectivity index (χ3n) is 3.67. The van der Waals surface area contributed by atoms with E-state index in [0.29, 0.717) is 22.5 Å². The van der Waals surface area contributed by atoms with Gasteiger partial charge in [-0.1, -0.05) is 6.07 Å². The minimum atomic E-state index is -0.518. The summed E-state index contributed by atoms with van der Waals surface area (Å²) in [4.78, 5) is 24.7. The molecule has 0 radical (unpaired) electrons. The molecule has 0 spiro atoms. The predicted molar refractivity (Wildman–Crippen MR) is 95.3 cm³/mol. The van der Waals surface area contributed by atoms with Gasteiger partial charge in [0.05, 0.1) is 11.1 Å². The van der Waals surface area contributed by atoms with Crippen molar-refractivity contribution >= 4 is 17.6 Å². The molecular weight excluding hydrogens is 322 g/mol. The zero-order chi connectivity index (χ0) is 18.7. The van der Waals surface area contributed by atoms with Crippen LogP contribution in [0, 0.1) is 35.3 Å². The first-order valence-corrected chi connectivity index (χ1v) is 7.39. The quantitative estimate of drug-likeness (QED) is 0.482. The van der Waals surface area contributed by atoms with E-state index in [1.807, 2.05) is 6.07 Å². The Bertz CT molecular complexity index is 967. The van der Waals surface area contributed by atoms with Crippen molar-refractivity contribution in [3.05, 3.63) is 67.1 Å². The maximum Gasteiger partial charge on any atom is 0.293 e. The van der Waals surface area contributed by atoms with Gasteiger partial charge in [0, 0.05) is 31.4 Å². The third-order valence-corrected chi connectivity index (χ3v) is 3.67. The zero-order valence-electron chi connectivity index (χ0n) is 14.3. The van der Waals surface area contributed by atoms with Crippen molar-refractivity contribution in [1.29, 1.82) is 5.26 Å². The van der Waals surface area contributed by atoms with Crippen molar-refractivity contribution in [2.45, 2.75) is 13.8 Å². The molecule has 0 fully saturated rings. The lowest BCUT2D eigenvalue weighted by molar-refractivity contribution is -0.384. The van der Waals surface area contributed by atoms with Crippen molar-refractivity contribution in [3.63, 3.8) is 0 Å². The average Bonchev–Trinajstić information content (AvgIpc) is 2.54. The van der Waals surface area contributed by atoms with E-state index in [1.54, 1.807) is 51.0 Å². The highest BCUT2D eigenvalue weighted by Gasteiger charge is 2.15. The Hall–Kier alpha value is -3.47. The van der Waals surface area contributed by atoms with Crippen molar-refractivity contribution in [2.24, 2.45) is 5.10 Å². The molecule has 0 atom stereocenters. The van der Waals surface area contributed by atoms with Gasteiger partial charge >= 0.3 is 0 Å². The van der Waals surface area contributed by atoms with E-state index in [0.717, 1.165) is 4.68 Å². The molecule has 2 rings (SSSR count). The minimum Gasteiger partial charge on any atom is -0.372 e. The number of nitro benzene ring substituents is 1. The standard InChI is InChI=1S/C17H17N5O3/c1-11-7-12(2)21(17(23)14(11)9-18)19-10-13-5-6-15(20(3)4)16(8-13)22(24)25/h5-8,10H,1-4H3/b19-10-. The summed E-state index contributed by atoms with van der Waals surface area (Å²) in [5, 5.41) is 24.4. The van der Waals surface area contributed by atoms with Crippen LogP contribution in [0.3, 0.4) is 0 Å². The van der Waals surface area contributed by atoms with E-state index in [-0.39, 0.29) is 11.3 Å². The van der Waals surface area contributed by atoms with Crippen LogP contribution in [0.2, 0.25) is 0 Å². The van der Waals surface area contributed by atoms with Gasteiger partial charge < -0.3 is 4.90 Å². The van der Waals surface area contributed by atoms with Crippen LogP contribution in [0.4, 0.5) is 11.4 Å². The fourth-order valence-electron chi connectivity index (χ4n) is 2.43. The van der Waals surface area contributed by atoms with Crippen LogP contribution in [0.1, 0.15) is 22.4 Å². The van der Waals surface area contributed by atoms with Gasteiger partial charge in [0.1, 0.15) is 17.3 Å². The summed E-state index contributed by atoms with van der Waals surface area (Å²) >= 11 is 0. The summed E-state index contributed by atoms with van der Waals surface area (Å²) in [6, 6.07) is 8.24. The second-order valence-corrected chi connectivity index (χ2v) is 5.72. The number of aryl methyl sites for hydroxylation is 2. The van der Waals surface area contributed by atoms with Gasteiger partial charge in [0.15, 0.2) is 0 Å². The van der Waals surface area contributed by atoms with Gasteiger partial charge in [0.2, 0.25) is 0 Å². The van der Waals surface area contributed by atoms with E-state index in [4.69, 9.17) is 5.26 Å². The molecule has 0 aliphatic carbocycles. The van der Waals surface area contributed by atoms with E-state index < -0.39 is 10.5 Å². The normalized spacial score (nSPS) is 10.7. The first-order chi connectivity index (χ1) is 11.8. The molecule has 0 unspecified atom stereocenters. The fraction of sp³-hybridized carbons (Fsp3) is 0.235. The van der Waals surface area contributed by atoms with Gasteiger partial charge in [-0.15, -0.1) is 0 Å². The van der Waals surface area contributed by atoms with Crippen molar-refractivity contribution in [3.8, 4) is 6.07 Å². The molecule has 0 aliphatic heterocycles. The van der Waals surface area contributed by atoms with Crippen LogP contribution >= 0.6 is 0 Å². The Morgan fingerprint density at radius 3 is 2.56 bits per heavy atom. The van der Waals surface area contributed by atoms with Crippen LogP contribution < -0.4 is 10.5 Å². The largest absolute Gasteiger partial charge is 0.372 e. The molecule has 1 aromatic carbocycles. The van der Waals surface area contributed by atoms with E-state index >= 15 is 0 Å². The molecule has 128 valence electrons. The lowest BCUT2D eigenvalue weighted by Gasteiger charge is -2.12. The number of benzene rings is 1. The number of hydrogen-bond donors (Lipinski definition) is 0. The maximum atomic E-state index is 12.3. The Morgan fingerprint density at radius 2 is 2.00 bits per heavy atom. The molecule has 1 heterocycles. The minimum absolute atomic E-state index is 0.0247. The van der Waals surface area contributed by atoms with Gasteiger partial charge in [-0.25, -0.2) is 4.68 Å². The zero-order valence-corrected chi connectivity index (χ0v) is 14.3. The third kappa shape index (κ3) is 3.55. The Kier molecular flexibility index (Phi) is 4.98. The first kappa shape index (κ1) is 17.9. The molecule has 0 saturated carbocycles. The molecule has 0 N–H and O–H groups in total. The molecule has 8 heteroatoms. The molecule has 8 nitrogen and oxygen atoms in total. The fourth-order valence-corrected chi connectivity index (χ4v) is 2.43. The van der Waals surface area contributed by atoms with E-state index in [1.165, 1.54) is 12.3 Å². The van der Waals surface area contributed by atoms with Crippen LogP contribution in [-0.4, -0.2) is 29.9 Å². The molecular formula is C17H17N5O3. The highest BCUT2D eigenvalue weighted by Crippen LogP contribution is 2.27. The molecule has 0 aliphatic rings. The van der Waals surface area contributed by atoms with E-state index in [2.05, 4.69) is 5.10 Å². The first-order valence-electron chi connectivity index (χ1n) is 7.39. The molecule has 25 heavy (non-hydrogen) atoms. The lowest BCUT2D eigenvalue weighted by atomic mass is 10.1. The average molecular weight is 339 g/mol. The van der Waals surface area contributed by atoms with Crippen LogP contribution in [0.15, 0.2) is 34.2 Å². The summed E-state index contributed by atoms with van der Waals surface area (Å²) in [5.74, 6) is 0. The Labute approximate surface area is 144 Å². The van der Waals surface area contributed by atoms with Crippen LogP contribution in [-0.2, 0) is 0 Å². The van der Waals surface area contributed by atoms with Gasteiger partial charge in [-0.05, 0) is 31.5 Å². The molecule has 1 aromatic heterocycles. The summed E-state index contributed by atoms with van der Waals surface area (Å²) in [5.41, 5.74) is 1.55. The summed E-state index contributed by atoms with van der Waals surface area (Å²) in [6.07, 6.45) is 1.36. The number of aromatic nitrogens is 1. The van der Waals surface area contributed by atoms with Gasteiger partial charge in [-0.2, -0.15) is 10.4 Å². The van der Waals surface area contributed by atoms with Crippen LogP contribution in [0.5, 0.6) is 0 Å². The lowest BCUT2D eigenvalue weighted by Crippen LogP contribution is -2.22. The molecule has 0 amide bonds. The smallest absolute Gasteiger partial charge is 0.293 e. The predicted octanol–water partition coefficient (Wildman–Crippen LogP) is 2.19. The Balaban J connectivity index is 2.51. The number of nitro groups is 1. The van der Waals surface area contributed by atoms with Gasteiger partial charge in [-0.3, -0.25) is 14.9 Å². The van der Waals surface area contributed by atoms with Crippen molar-refractivity contribution < 1.29 is 4.92 Å². The second kappa shape index (κ2) is 6.97. The van der Waals surface area contributed by atoms with Crippen molar-refractivity contribution in [1.82, 2.24) is 4.68 Å². The molecule has 0 saturated heterocycles. The molecule has 0 bridgehead atoms. The highest BCUT2D eigenvalue weighted by molar-refractivity contribution is 5.83. The number of nitriles is 1. The molecule has 2 aromatic rings. The van der Waals surface area contributed by atoms with E-state index in [9.17, 15) is 14.9 Å². The SMILES string of the molecule is Cc1cc(C)n(/N=C\c2ccc(N(C)C)c([N+](=O)[O-])c2)c(=O)c1C#N. The van der Waals surface area contributed by atoms with Crippen molar-refractivity contribution in [2.75, 3.05) is 19.0 Å². The summed E-state index contributed by atoms with van der Waals surface area (Å²) in [6.45, 7) is 3.38. The topological polar surface area (TPSA) is 105 Å². The summed E-state index contributed by atoms with van der Waals surface area (Å²) in [7, 11) is 3.43. The number of hydrogen-bond acceptors (Lipinski definition) is 6. The number of nitrogens with zero attached hydrogens (tertiary/aromatic N) is 5. The second-order valence-electron chi connectivity index (χ2n) is 5.72. The monoisotopic (exact) mass is 339 g/mol. The highest BCUT2D eigenvalue weighted by atomic mass is 16.6. The van der Waals surface area contributed by atoms with Crippen LogP contribution in [0.25, 0.3) is 0 Å². The number of pyridine rings is 1. The summed E-state index contributed by atoms with van der Waals surface area (Å²) < 4.78 is 1.11. The Morgan fingerprint density at radius 1 is 1.32 bits per heavy atom. The van der Waals surface area contributed by atoms with Gasteiger partial charge in [0.25, 0.3) is 11.2 Å². The number of anilines is 1. The number of rotatable bonds is 4.